The number of fused-ring (bicyclic) bond motifs is 7. The molecule has 0 saturated carbocycles. The highest BCUT2D eigenvalue weighted by atomic mass is 16.3. The van der Waals surface area contributed by atoms with Crippen LogP contribution in [-0.4, -0.2) is 0 Å². The van der Waals surface area contributed by atoms with Crippen molar-refractivity contribution >= 4 is 65.0 Å². The highest BCUT2D eigenvalue weighted by molar-refractivity contribution is 6.25. The monoisotopic (exact) mass is 748 g/mol. The fraction of sp³-hybridized carbons (Fsp3) is 0. The zero-order valence-corrected chi connectivity index (χ0v) is 32.2. The SMILES string of the molecule is c1ccc(-c2ccc(-c3c4ccccc4c(-c4cccc5c4oc4cc(-c6c7ccccc7c(-c7ccccc7)c7ccccc67)ccc45)c4ccccc34)cc2)cc1. The van der Waals surface area contributed by atoms with Crippen LogP contribution in [-0.2, 0) is 0 Å². The zero-order chi connectivity index (χ0) is 38.9. The van der Waals surface area contributed by atoms with Gasteiger partial charge in [0.15, 0.2) is 0 Å². The molecule has 1 aromatic heterocycles. The Balaban J connectivity index is 1.07. The van der Waals surface area contributed by atoms with E-state index in [9.17, 15) is 0 Å². The second-order valence-electron chi connectivity index (χ2n) is 15.5. The summed E-state index contributed by atoms with van der Waals surface area (Å²) in [5, 5.41) is 12.0. The van der Waals surface area contributed by atoms with Crippen molar-refractivity contribution in [1.82, 2.24) is 0 Å². The Hall–Kier alpha value is -7.74. The molecule has 1 heteroatoms. The molecule has 1 heterocycles. The smallest absolute Gasteiger partial charge is 0.143 e. The fourth-order valence-electron chi connectivity index (χ4n) is 9.70. The number of hydrogen-bond donors (Lipinski definition) is 0. The molecule has 0 unspecified atom stereocenters. The first kappa shape index (κ1) is 33.4. The molecule has 0 fully saturated rings. The first-order chi connectivity index (χ1) is 29.3. The maximum Gasteiger partial charge on any atom is 0.143 e. The summed E-state index contributed by atoms with van der Waals surface area (Å²) in [6, 6.07) is 79.2. The predicted molar refractivity (Wildman–Crippen MR) is 251 cm³/mol. The van der Waals surface area contributed by atoms with Crippen LogP contribution in [0.4, 0.5) is 0 Å². The topological polar surface area (TPSA) is 13.1 Å². The lowest BCUT2D eigenvalue weighted by Gasteiger charge is -2.18. The number of furan rings is 1. The van der Waals surface area contributed by atoms with Crippen LogP contribution in [0.3, 0.4) is 0 Å². The van der Waals surface area contributed by atoms with Gasteiger partial charge >= 0.3 is 0 Å². The molecule has 0 aliphatic rings. The molecule has 0 spiro atoms. The van der Waals surface area contributed by atoms with E-state index in [-0.39, 0.29) is 0 Å². The van der Waals surface area contributed by atoms with Crippen molar-refractivity contribution in [3.8, 4) is 55.6 Å². The summed E-state index contributed by atoms with van der Waals surface area (Å²) in [5.41, 5.74) is 13.8. The molecule has 0 radical (unpaired) electrons. The zero-order valence-electron chi connectivity index (χ0n) is 32.2. The summed E-state index contributed by atoms with van der Waals surface area (Å²) in [6.45, 7) is 0. The summed E-state index contributed by atoms with van der Waals surface area (Å²) >= 11 is 0. The van der Waals surface area contributed by atoms with Crippen molar-refractivity contribution in [2.75, 3.05) is 0 Å². The Bertz CT molecular complexity index is 3460. The Kier molecular flexibility index (Phi) is 7.61. The third-order valence-corrected chi connectivity index (χ3v) is 12.3. The van der Waals surface area contributed by atoms with Gasteiger partial charge in [-0.25, -0.2) is 0 Å². The van der Waals surface area contributed by atoms with Crippen LogP contribution in [0.1, 0.15) is 0 Å². The predicted octanol–water partition coefficient (Wildman–Crippen LogP) is 16.5. The van der Waals surface area contributed by atoms with Crippen LogP contribution in [0.15, 0.2) is 223 Å². The van der Waals surface area contributed by atoms with Crippen molar-refractivity contribution < 1.29 is 4.42 Å². The van der Waals surface area contributed by atoms with E-state index < -0.39 is 0 Å². The van der Waals surface area contributed by atoms with Crippen molar-refractivity contribution in [1.29, 1.82) is 0 Å². The van der Waals surface area contributed by atoms with Crippen LogP contribution in [0.2, 0.25) is 0 Å². The Morgan fingerprint density at radius 1 is 0.220 bits per heavy atom. The van der Waals surface area contributed by atoms with Gasteiger partial charge in [-0.15, -0.1) is 0 Å². The molecule has 0 aliphatic heterocycles. The van der Waals surface area contributed by atoms with E-state index in [0.717, 1.165) is 33.1 Å². The number of hydrogen-bond acceptors (Lipinski definition) is 1. The lowest BCUT2D eigenvalue weighted by molar-refractivity contribution is 0.670. The van der Waals surface area contributed by atoms with E-state index in [2.05, 4.69) is 218 Å². The molecule has 11 aromatic carbocycles. The van der Waals surface area contributed by atoms with E-state index in [4.69, 9.17) is 4.42 Å². The molecule has 0 saturated heterocycles. The van der Waals surface area contributed by atoms with Crippen LogP contribution >= 0.6 is 0 Å². The maximum atomic E-state index is 7.09. The van der Waals surface area contributed by atoms with Gasteiger partial charge in [0, 0.05) is 21.9 Å². The van der Waals surface area contributed by atoms with Gasteiger partial charge in [-0.3, -0.25) is 0 Å². The van der Waals surface area contributed by atoms with Gasteiger partial charge in [-0.2, -0.15) is 0 Å². The van der Waals surface area contributed by atoms with Crippen LogP contribution in [0.5, 0.6) is 0 Å². The summed E-state index contributed by atoms with van der Waals surface area (Å²) in [5.74, 6) is 0. The van der Waals surface area contributed by atoms with Crippen molar-refractivity contribution in [3.05, 3.63) is 218 Å². The Morgan fingerprint density at radius 3 is 1.08 bits per heavy atom. The molecule has 59 heavy (non-hydrogen) atoms. The Morgan fingerprint density at radius 2 is 0.576 bits per heavy atom. The lowest BCUT2D eigenvalue weighted by Crippen LogP contribution is -1.91. The summed E-state index contributed by atoms with van der Waals surface area (Å²) in [4.78, 5) is 0. The molecule has 12 aromatic rings. The Labute approximate surface area is 342 Å². The van der Waals surface area contributed by atoms with Crippen molar-refractivity contribution in [3.63, 3.8) is 0 Å². The van der Waals surface area contributed by atoms with E-state index in [1.807, 2.05) is 0 Å². The second kappa shape index (κ2) is 13.4. The highest BCUT2D eigenvalue weighted by Gasteiger charge is 2.22. The van der Waals surface area contributed by atoms with E-state index in [1.165, 1.54) is 87.6 Å². The molecule has 0 atom stereocenters. The van der Waals surface area contributed by atoms with Crippen molar-refractivity contribution in [2.45, 2.75) is 0 Å². The third kappa shape index (κ3) is 5.25. The molecule has 0 bridgehead atoms. The third-order valence-electron chi connectivity index (χ3n) is 12.3. The number of para-hydroxylation sites is 1. The van der Waals surface area contributed by atoms with Crippen LogP contribution < -0.4 is 0 Å². The molecule has 0 amide bonds. The summed E-state index contributed by atoms with van der Waals surface area (Å²) in [6.07, 6.45) is 0. The lowest BCUT2D eigenvalue weighted by atomic mass is 9.85. The largest absolute Gasteiger partial charge is 0.455 e. The van der Waals surface area contributed by atoms with Gasteiger partial charge in [0.05, 0.1) is 0 Å². The normalized spacial score (nSPS) is 11.7. The number of rotatable bonds is 5. The molecule has 1 nitrogen and oxygen atoms in total. The first-order valence-corrected chi connectivity index (χ1v) is 20.3. The fourth-order valence-corrected chi connectivity index (χ4v) is 9.70. The summed E-state index contributed by atoms with van der Waals surface area (Å²) in [7, 11) is 0. The van der Waals surface area contributed by atoms with E-state index in [1.54, 1.807) is 0 Å². The van der Waals surface area contributed by atoms with Gasteiger partial charge in [-0.05, 0) is 99.7 Å². The average Bonchev–Trinajstić information content (AvgIpc) is 3.69. The van der Waals surface area contributed by atoms with Crippen LogP contribution in [0.25, 0.3) is 121 Å². The standard InChI is InChI=1S/C58H36O/c1-3-16-37(17-4-1)38-30-32-40(33-31-38)55-47-24-11-13-26-49(47)57(50-27-14-12-25-48(50)55)52-29-15-28-51-42-35-34-41(36-53(42)59-58(51)52)56-45-22-9-7-20-43(45)54(39-18-5-2-6-19-39)44-21-8-10-23-46(44)56/h1-36H. The van der Waals surface area contributed by atoms with Gasteiger partial charge in [0.25, 0.3) is 0 Å². The molecule has 0 aliphatic carbocycles. The minimum atomic E-state index is 0.883. The molecular weight excluding hydrogens is 713 g/mol. The van der Waals surface area contributed by atoms with Crippen molar-refractivity contribution in [2.24, 2.45) is 0 Å². The highest BCUT2D eigenvalue weighted by Crippen LogP contribution is 2.48. The minimum Gasteiger partial charge on any atom is -0.455 e. The molecule has 12 rings (SSSR count). The van der Waals surface area contributed by atoms with Gasteiger partial charge in [-0.1, -0.05) is 206 Å². The second-order valence-corrected chi connectivity index (χ2v) is 15.5. The molecule has 274 valence electrons. The average molecular weight is 749 g/mol. The molecule has 0 N–H and O–H groups in total. The first-order valence-electron chi connectivity index (χ1n) is 20.3. The number of benzene rings is 11. The quantitative estimate of drug-likeness (QED) is 0.160. The van der Waals surface area contributed by atoms with Crippen LogP contribution in [0, 0.1) is 0 Å². The minimum absolute atomic E-state index is 0.883. The van der Waals surface area contributed by atoms with Gasteiger partial charge in [0.1, 0.15) is 11.2 Å². The maximum absolute atomic E-state index is 7.09. The molecular formula is C58H36O. The summed E-state index contributed by atoms with van der Waals surface area (Å²) < 4.78 is 7.09. The van der Waals surface area contributed by atoms with E-state index >= 15 is 0 Å². The van der Waals surface area contributed by atoms with Gasteiger partial charge < -0.3 is 4.42 Å². The van der Waals surface area contributed by atoms with E-state index in [0.29, 0.717) is 0 Å². The van der Waals surface area contributed by atoms with Gasteiger partial charge in [0.2, 0.25) is 0 Å².